The van der Waals surface area contributed by atoms with Gasteiger partial charge in [-0.25, -0.2) is 0 Å². The lowest BCUT2D eigenvalue weighted by Crippen LogP contribution is -1.95. The van der Waals surface area contributed by atoms with Crippen LogP contribution in [0.4, 0.5) is 5.69 Å². The number of hydrogen-bond acceptors (Lipinski definition) is 4. The molecule has 0 heterocycles. The third-order valence-electron chi connectivity index (χ3n) is 2.59. The number of hydrogen-bond donors (Lipinski definition) is 0. The second-order valence-corrected chi connectivity index (χ2v) is 4.49. The van der Waals surface area contributed by atoms with E-state index in [4.69, 9.17) is 16.3 Å². The Kier molecular flexibility index (Phi) is 4.00. The van der Waals surface area contributed by atoms with Crippen molar-refractivity contribution in [1.82, 2.24) is 0 Å². The Hall–Kier alpha value is -2.40. The minimum Gasteiger partial charge on any atom is -0.450 e. The molecule has 0 bridgehead atoms. The van der Waals surface area contributed by atoms with E-state index in [0.29, 0.717) is 16.3 Å². The van der Waals surface area contributed by atoms with Crippen molar-refractivity contribution in [2.75, 3.05) is 0 Å². The molecule has 0 aliphatic heterocycles. The van der Waals surface area contributed by atoms with Gasteiger partial charge in [-0.1, -0.05) is 23.7 Å². The molecule has 0 aliphatic rings. The number of carbonyl (C=O) groups excluding carboxylic acids is 1. The molecule has 0 unspecified atom stereocenters. The van der Waals surface area contributed by atoms with Gasteiger partial charge in [-0.2, -0.15) is 0 Å². The second-order valence-electron chi connectivity index (χ2n) is 4.06. The first-order valence-electron chi connectivity index (χ1n) is 5.70. The average Bonchev–Trinajstić information content (AvgIpc) is 2.38. The maximum Gasteiger partial charge on any atom is 0.311 e. The zero-order valence-corrected chi connectivity index (χ0v) is 11.3. The van der Waals surface area contributed by atoms with Gasteiger partial charge in [0.1, 0.15) is 5.75 Å². The summed E-state index contributed by atoms with van der Waals surface area (Å²) in [6.07, 6.45) is 0. The van der Waals surface area contributed by atoms with Crippen molar-refractivity contribution in [3.8, 4) is 11.5 Å². The van der Waals surface area contributed by atoms with Crippen LogP contribution < -0.4 is 4.74 Å². The van der Waals surface area contributed by atoms with Crippen molar-refractivity contribution in [3.63, 3.8) is 0 Å². The van der Waals surface area contributed by atoms with E-state index in [9.17, 15) is 14.9 Å². The van der Waals surface area contributed by atoms with E-state index in [1.165, 1.54) is 31.2 Å². The summed E-state index contributed by atoms with van der Waals surface area (Å²) in [5.41, 5.74) is 0.273. The van der Waals surface area contributed by atoms with Crippen molar-refractivity contribution < 1.29 is 14.5 Å². The van der Waals surface area contributed by atoms with Gasteiger partial charge in [0, 0.05) is 22.7 Å². The fourth-order valence-electron chi connectivity index (χ4n) is 1.63. The number of nitro benzene ring substituents is 1. The molecule has 2 aromatic carbocycles. The fourth-order valence-corrected chi connectivity index (χ4v) is 1.79. The van der Waals surface area contributed by atoms with Gasteiger partial charge in [-0.3, -0.25) is 14.9 Å². The molecule has 0 aliphatic carbocycles. The van der Waals surface area contributed by atoms with Crippen LogP contribution in [0.3, 0.4) is 0 Å². The van der Waals surface area contributed by atoms with Gasteiger partial charge in [0.25, 0.3) is 0 Å². The molecular formula is C14H10ClNO4. The summed E-state index contributed by atoms with van der Waals surface area (Å²) in [5, 5.41) is 11.3. The highest BCUT2D eigenvalue weighted by atomic mass is 35.5. The third-order valence-corrected chi connectivity index (χ3v) is 2.82. The van der Waals surface area contributed by atoms with Gasteiger partial charge >= 0.3 is 5.69 Å². The molecule has 2 rings (SSSR count). The molecule has 0 spiro atoms. The Morgan fingerprint density at radius 1 is 1.25 bits per heavy atom. The van der Waals surface area contributed by atoms with E-state index in [-0.39, 0.29) is 17.2 Å². The summed E-state index contributed by atoms with van der Waals surface area (Å²) >= 11 is 5.81. The monoisotopic (exact) mass is 291 g/mol. The molecule has 2 aromatic rings. The first kappa shape index (κ1) is 14.0. The molecule has 0 amide bonds. The van der Waals surface area contributed by atoms with Crippen LogP contribution in [0.5, 0.6) is 11.5 Å². The van der Waals surface area contributed by atoms with Crippen LogP contribution in [-0.2, 0) is 0 Å². The average molecular weight is 292 g/mol. The Bertz CT molecular complexity index is 685. The third kappa shape index (κ3) is 3.13. The smallest absolute Gasteiger partial charge is 0.311 e. The zero-order valence-electron chi connectivity index (χ0n) is 10.5. The van der Waals surface area contributed by atoms with E-state index in [1.807, 2.05) is 0 Å². The lowest BCUT2D eigenvalue weighted by Gasteiger charge is -2.07. The molecule has 0 atom stereocenters. The number of ether oxygens (including phenoxy) is 1. The van der Waals surface area contributed by atoms with Gasteiger partial charge in [0.05, 0.1) is 4.92 Å². The molecule has 5 nitrogen and oxygen atoms in total. The fraction of sp³-hybridized carbons (Fsp3) is 0.0714. The quantitative estimate of drug-likeness (QED) is 0.480. The Morgan fingerprint density at radius 3 is 2.65 bits per heavy atom. The summed E-state index contributed by atoms with van der Waals surface area (Å²) < 4.78 is 5.46. The summed E-state index contributed by atoms with van der Waals surface area (Å²) in [4.78, 5) is 21.7. The molecule has 0 saturated heterocycles. The molecule has 0 radical (unpaired) electrons. The summed E-state index contributed by atoms with van der Waals surface area (Å²) in [5.74, 6) is 0.252. The SMILES string of the molecule is CC(=O)c1cccc(Oc2cc(Cl)ccc2[N+](=O)[O-])c1. The van der Waals surface area contributed by atoms with Crippen LogP contribution in [-0.4, -0.2) is 10.7 Å². The molecule has 0 N–H and O–H groups in total. The van der Waals surface area contributed by atoms with Crippen molar-refractivity contribution >= 4 is 23.1 Å². The Labute approximate surface area is 119 Å². The number of nitro groups is 1. The van der Waals surface area contributed by atoms with Crippen molar-refractivity contribution in [1.29, 1.82) is 0 Å². The second kappa shape index (κ2) is 5.71. The van der Waals surface area contributed by atoms with E-state index < -0.39 is 4.92 Å². The van der Waals surface area contributed by atoms with Gasteiger partial charge in [-0.15, -0.1) is 0 Å². The van der Waals surface area contributed by atoms with Crippen LogP contribution >= 0.6 is 11.6 Å². The van der Waals surface area contributed by atoms with Gasteiger partial charge in [0.15, 0.2) is 5.78 Å². The van der Waals surface area contributed by atoms with Crippen LogP contribution in [0.15, 0.2) is 42.5 Å². The minimum absolute atomic E-state index is 0.0307. The number of carbonyl (C=O) groups is 1. The van der Waals surface area contributed by atoms with Crippen molar-refractivity contribution in [2.45, 2.75) is 6.92 Å². The standard InChI is InChI=1S/C14H10ClNO4/c1-9(17)10-3-2-4-12(7-10)20-14-8-11(15)5-6-13(14)16(18)19/h2-8H,1H3. The number of benzene rings is 2. The molecule has 102 valence electrons. The lowest BCUT2D eigenvalue weighted by molar-refractivity contribution is -0.385. The van der Waals surface area contributed by atoms with E-state index in [2.05, 4.69) is 0 Å². The van der Waals surface area contributed by atoms with Gasteiger partial charge < -0.3 is 4.74 Å². The minimum atomic E-state index is -0.555. The number of rotatable bonds is 4. The summed E-state index contributed by atoms with van der Waals surface area (Å²) in [6.45, 7) is 1.43. The van der Waals surface area contributed by atoms with E-state index in [0.717, 1.165) is 0 Å². The normalized spacial score (nSPS) is 10.1. The predicted molar refractivity (Wildman–Crippen MR) is 74.6 cm³/mol. The van der Waals surface area contributed by atoms with Crippen LogP contribution in [0.25, 0.3) is 0 Å². The number of ketones is 1. The maximum absolute atomic E-state index is 11.3. The van der Waals surface area contributed by atoms with Crippen molar-refractivity contribution in [2.24, 2.45) is 0 Å². The first-order valence-corrected chi connectivity index (χ1v) is 6.08. The predicted octanol–water partition coefficient (Wildman–Crippen LogP) is 4.24. The topological polar surface area (TPSA) is 69.4 Å². The highest BCUT2D eigenvalue weighted by Gasteiger charge is 2.16. The highest BCUT2D eigenvalue weighted by molar-refractivity contribution is 6.30. The number of halogens is 1. The van der Waals surface area contributed by atoms with E-state index >= 15 is 0 Å². The van der Waals surface area contributed by atoms with Gasteiger partial charge in [0.2, 0.25) is 5.75 Å². The number of Topliss-reactive ketones (excluding diaryl/α,β-unsaturated/α-hetero) is 1. The maximum atomic E-state index is 11.3. The highest BCUT2D eigenvalue weighted by Crippen LogP contribution is 2.33. The van der Waals surface area contributed by atoms with Crippen LogP contribution in [0.2, 0.25) is 5.02 Å². The van der Waals surface area contributed by atoms with Crippen LogP contribution in [0.1, 0.15) is 17.3 Å². The molecule has 6 heteroatoms. The molecule has 0 aromatic heterocycles. The molecule has 0 saturated carbocycles. The van der Waals surface area contributed by atoms with E-state index in [1.54, 1.807) is 18.2 Å². The summed E-state index contributed by atoms with van der Waals surface area (Å²) in [7, 11) is 0. The molecule has 20 heavy (non-hydrogen) atoms. The Morgan fingerprint density at radius 2 is 2.00 bits per heavy atom. The number of nitrogens with zero attached hydrogens (tertiary/aromatic N) is 1. The van der Waals surface area contributed by atoms with Crippen molar-refractivity contribution in [3.05, 3.63) is 63.2 Å². The summed E-state index contributed by atoms with van der Waals surface area (Å²) in [6, 6.07) is 10.5. The molecule has 0 fully saturated rings. The van der Waals surface area contributed by atoms with Crippen LogP contribution in [0, 0.1) is 10.1 Å². The Balaban J connectivity index is 2.39. The largest absolute Gasteiger partial charge is 0.450 e. The zero-order chi connectivity index (χ0) is 14.7. The molecular weight excluding hydrogens is 282 g/mol. The first-order chi connectivity index (χ1) is 9.47. The van der Waals surface area contributed by atoms with Gasteiger partial charge in [-0.05, 0) is 25.1 Å². The lowest BCUT2D eigenvalue weighted by atomic mass is 10.1.